The molecule has 0 N–H and O–H groups in total. The SMILES string of the molecule is Cc1nc(C(=O)N2CCC(c3ccc4cc(-c5cncnc5)cnc4n3)CC2)cs1. The van der Waals surface area contributed by atoms with Gasteiger partial charge in [0, 0.05) is 65.2 Å². The fourth-order valence-corrected chi connectivity index (χ4v) is 4.45. The summed E-state index contributed by atoms with van der Waals surface area (Å²) in [5.74, 6) is 0.364. The van der Waals surface area contributed by atoms with E-state index in [1.165, 1.54) is 17.7 Å². The summed E-state index contributed by atoms with van der Waals surface area (Å²) >= 11 is 1.51. The summed E-state index contributed by atoms with van der Waals surface area (Å²) in [4.78, 5) is 36.3. The summed E-state index contributed by atoms with van der Waals surface area (Å²) < 4.78 is 0. The molecule has 150 valence electrons. The molecule has 0 saturated carbocycles. The lowest BCUT2D eigenvalue weighted by atomic mass is 9.92. The van der Waals surface area contributed by atoms with Crippen molar-refractivity contribution < 1.29 is 4.79 Å². The average molecular weight is 417 g/mol. The first-order valence-corrected chi connectivity index (χ1v) is 10.8. The Balaban J connectivity index is 1.30. The van der Waals surface area contributed by atoms with E-state index in [0.717, 1.165) is 58.8 Å². The molecular weight excluding hydrogens is 396 g/mol. The van der Waals surface area contributed by atoms with Crippen LogP contribution >= 0.6 is 11.3 Å². The maximum atomic E-state index is 12.6. The van der Waals surface area contributed by atoms with Gasteiger partial charge in [-0.1, -0.05) is 0 Å². The fourth-order valence-electron chi connectivity index (χ4n) is 3.86. The van der Waals surface area contributed by atoms with Crippen molar-refractivity contribution in [3.8, 4) is 11.1 Å². The third-order valence-corrected chi connectivity index (χ3v) is 6.27. The second kappa shape index (κ2) is 7.87. The monoisotopic (exact) mass is 416 g/mol. The number of amides is 1. The second-order valence-corrected chi connectivity index (χ2v) is 8.51. The largest absolute Gasteiger partial charge is 0.337 e. The van der Waals surface area contributed by atoms with Crippen molar-refractivity contribution in [3.05, 3.63) is 64.9 Å². The fraction of sp³-hybridized carbons (Fsp3) is 0.273. The summed E-state index contributed by atoms with van der Waals surface area (Å²) in [5.41, 5.74) is 4.25. The number of carbonyl (C=O) groups is 1. The van der Waals surface area contributed by atoms with E-state index in [0.29, 0.717) is 11.6 Å². The molecule has 1 saturated heterocycles. The van der Waals surface area contributed by atoms with Gasteiger partial charge in [-0.2, -0.15) is 0 Å². The first-order chi connectivity index (χ1) is 14.7. The number of nitrogens with zero attached hydrogens (tertiary/aromatic N) is 6. The van der Waals surface area contributed by atoms with Crippen molar-refractivity contribution >= 4 is 28.3 Å². The summed E-state index contributed by atoms with van der Waals surface area (Å²) in [6, 6.07) is 6.23. The molecule has 1 fully saturated rings. The Morgan fingerprint density at radius 3 is 2.60 bits per heavy atom. The van der Waals surface area contributed by atoms with Gasteiger partial charge in [-0.3, -0.25) is 4.79 Å². The molecule has 5 rings (SSSR count). The smallest absolute Gasteiger partial charge is 0.273 e. The summed E-state index contributed by atoms with van der Waals surface area (Å²) in [6.07, 6.45) is 8.68. The van der Waals surface area contributed by atoms with Gasteiger partial charge in [-0.15, -0.1) is 11.3 Å². The average Bonchev–Trinajstić information content (AvgIpc) is 3.25. The van der Waals surface area contributed by atoms with Crippen molar-refractivity contribution in [3.63, 3.8) is 0 Å². The molecule has 1 aliphatic rings. The molecule has 1 amide bonds. The highest BCUT2D eigenvalue weighted by atomic mass is 32.1. The van der Waals surface area contributed by atoms with E-state index in [1.807, 2.05) is 23.4 Å². The summed E-state index contributed by atoms with van der Waals surface area (Å²) in [5, 5.41) is 3.76. The van der Waals surface area contributed by atoms with Gasteiger partial charge >= 0.3 is 0 Å². The van der Waals surface area contributed by atoms with E-state index in [1.54, 1.807) is 12.4 Å². The Hall–Kier alpha value is -3.26. The molecule has 0 aromatic carbocycles. The molecule has 0 spiro atoms. The lowest BCUT2D eigenvalue weighted by Gasteiger charge is -2.31. The van der Waals surface area contributed by atoms with Crippen LogP contribution < -0.4 is 0 Å². The van der Waals surface area contributed by atoms with E-state index in [-0.39, 0.29) is 5.91 Å². The van der Waals surface area contributed by atoms with Crippen LogP contribution in [0.4, 0.5) is 0 Å². The van der Waals surface area contributed by atoms with Crippen LogP contribution in [0, 0.1) is 6.92 Å². The van der Waals surface area contributed by atoms with Crippen LogP contribution in [-0.2, 0) is 0 Å². The zero-order valence-electron chi connectivity index (χ0n) is 16.5. The molecular formula is C22H20N6OS. The lowest BCUT2D eigenvalue weighted by Crippen LogP contribution is -2.38. The Morgan fingerprint density at radius 1 is 1.07 bits per heavy atom. The van der Waals surface area contributed by atoms with Crippen LogP contribution in [0.1, 0.15) is 39.9 Å². The molecule has 0 atom stereocenters. The van der Waals surface area contributed by atoms with E-state index in [4.69, 9.17) is 4.98 Å². The van der Waals surface area contributed by atoms with Crippen LogP contribution in [0.25, 0.3) is 22.2 Å². The van der Waals surface area contributed by atoms with Gasteiger partial charge in [-0.25, -0.2) is 24.9 Å². The minimum atomic E-state index is 0.0309. The predicted molar refractivity (Wildman–Crippen MR) is 115 cm³/mol. The quantitative estimate of drug-likeness (QED) is 0.504. The van der Waals surface area contributed by atoms with Crippen molar-refractivity contribution in [2.45, 2.75) is 25.7 Å². The third-order valence-electron chi connectivity index (χ3n) is 5.50. The van der Waals surface area contributed by atoms with Crippen LogP contribution in [0.3, 0.4) is 0 Å². The molecule has 0 bridgehead atoms. The molecule has 8 heteroatoms. The number of likely N-dealkylation sites (tertiary alicyclic amines) is 1. The number of aromatic nitrogens is 5. The standard InChI is InChI=1S/C22H20N6OS/c1-14-26-20(12-30-14)22(29)28-6-4-15(5-7-28)19-3-2-16-8-17(11-25-21(16)27-19)18-9-23-13-24-10-18/h2-3,8-13,15H,4-7H2,1H3. The van der Waals surface area contributed by atoms with Gasteiger partial charge < -0.3 is 4.90 Å². The van der Waals surface area contributed by atoms with Crippen molar-refractivity contribution in [2.24, 2.45) is 0 Å². The highest BCUT2D eigenvalue weighted by Gasteiger charge is 2.26. The van der Waals surface area contributed by atoms with E-state index in [9.17, 15) is 4.79 Å². The Labute approximate surface area is 177 Å². The summed E-state index contributed by atoms with van der Waals surface area (Å²) in [7, 11) is 0. The van der Waals surface area contributed by atoms with Gasteiger partial charge in [0.1, 0.15) is 12.0 Å². The number of aryl methyl sites for hydroxylation is 1. The van der Waals surface area contributed by atoms with Gasteiger partial charge in [0.25, 0.3) is 5.91 Å². The third kappa shape index (κ3) is 3.66. The van der Waals surface area contributed by atoms with Gasteiger partial charge in [0.2, 0.25) is 0 Å². The number of thiazole rings is 1. The van der Waals surface area contributed by atoms with Crippen LogP contribution in [0.5, 0.6) is 0 Å². The minimum Gasteiger partial charge on any atom is -0.337 e. The van der Waals surface area contributed by atoms with E-state index in [2.05, 4.69) is 38.1 Å². The van der Waals surface area contributed by atoms with Crippen molar-refractivity contribution in [2.75, 3.05) is 13.1 Å². The number of piperidine rings is 1. The molecule has 5 heterocycles. The number of pyridine rings is 2. The number of carbonyl (C=O) groups excluding carboxylic acids is 1. The van der Waals surface area contributed by atoms with Crippen molar-refractivity contribution in [1.82, 2.24) is 29.8 Å². The van der Waals surface area contributed by atoms with Gasteiger partial charge in [0.05, 0.1) is 5.01 Å². The normalized spacial score (nSPS) is 14.9. The van der Waals surface area contributed by atoms with Crippen LogP contribution in [0.2, 0.25) is 0 Å². The second-order valence-electron chi connectivity index (χ2n) is 7.45. The lowest BCUT2D eigenvalue weighted by molar-refractivity contribution is 0.0707. The molecule has 4 aromatic heterocycles. The topological polar surface area (TPSA) is 84.8 Å². The van der Waals surface area contributed by atoms with Crippen LogP contribution in [0.15, 0.2) is 48.5 Å². The number of hydrogen-bond acceptors (Lipinski definition) is 7. The first-order valence-electron chi connectivity index (χ1n) is 9.91. The molecule has 4 aromatic rings. The molecule has 0 aliphatic carbocycles. The van der Waals surface area contributed by atoms with Gasteiger partial charge in [-0.05, 0) is 38.0 Å². The molecule has 0 unspecified atom stereocenters. The Bertz CT molecular complexity index is 1200. The van der Waals surface area contributed by atoms with E-state index >= 15 is 0 Å². The maximum Gasteiger partial charge on any atom is 0.273 e. The van der Waals surface area contributed by atoms with Crippen molar-refractivity contribution in [1.29, 1.82) is 0 Å². The highest BCUT2D eigenvalue weighted by molar-refractivity contribution is 7.09. The highest BCUT2D eigenvalue weighted by Crippen LogP contribution is 2.29. The number of hydrogen-bond donors (Lipinski definition) is 0. The Morgan fingerprint density at radius 2 is 1.87 bits per heavy atom. The zero-order valence-corrected chi connectivity index (χ0v) is 17.3. The Kier molecular flexibility index (Phi) is 4.92. The first kappa shape index (κ1) is 18.7. The van der Waals surface area contributed by atoms with Gasteiger partial charge in [0.15, 0.2) is 5.65 Å². The van der Waals surface area contributed by atoms with Crippen LogP contribution in [-0.4, -0.2) is 48.8 Å². The van der Waals surface area contributed by atoms with E-state index < -0.39 is 0 Å². The summed E-state index contributed by atoms with van der Waals surface area (Å²) in [6.45, 7) is 3.37. The maximum absolute atomic E-state index is 12.6. The molecule has 7 nitrogen and oxygen atoms in total. The number of fused-ring (bicyclic) bond motifs is 1. The molecule has 30 heavy (non-hydrogen) atoms. The zero-order chi connectivity index (χ0) is 20.5. The minimum absolute atomic E-state index is 0.0309. The predicted octanol–water partition coefficient (Wildman–Crippen LogP) is 3.87. The molecule has 0 radical (unpaired) electrons. The molecule has 1 aliphatic heterocycles. The number of rotatable bonds is 3.